The summed E-state index contributed by atoms with van der Waals surface area (Å²) in [7, 11) is -3.49. The minimum absolute atomic E-state index is 0.0516. The van der Waals surface area contributed by atoms with E-state index in [2.05, 4.69) is 36.1 Å². The average Bonchev–Trinajstić information content (AvgIpc) is 2.89. The Morgan fingerprint density at radius 2 is 1.60 bits per heavy atom. The Labute approximate surface area is 209 Å². The number of sulfonamides is 1. The summed E-state index contributed by atoms with van der Waals surface area (Å²) < 4.78 is 32.9. The summed E-state index contributed by atoms with van der Waals surface area (Å²) in [5.41, 5.74) is 1.19. The van der Waals surface area contributed by atoms with Crippen molar-refractivity contribution in [1.29, 1.82) is 0 Å². The lowest BCUT2D eigenvalue weighted by atomic mass is 10.0. The van der Waals surface area contributed by atoms with Gasteiger partial charge in [0.25, 0.3) is 5.91 Å². The number of carbonyl (C=O) groups excluding carboxylic acids is 1. The van der Waals surface area contributed by atoms with Gasteiger partial charge in [0.05, 0.1) is 4.90 Å². The highest BCUT2D eigenvalue weighted by molar-refractivity contribution is 7.89. The molecule has 0 N–H and O–H groups in total. The predicted molar refractivity (Wildman–Crippen MR) is 138 cm³/mol. The number of hydrogen-bond donors (Lipinski definition) is 0. The third-order valence-corrected chi connectivity index (χ3v) is 8.68. The van der Waals surface area contributed by atoms with Crippen LogP contribution in [0.4, 0.5) is 0 Å². The number of rotatable bonds is 8. The zero-order valence-corrected chi connectivity index (χ0v) is 21.2. The lowest BCUT2D eigenvalue weighted by Crippen LogP contribution is -2.49. The average molecular weight is 498 g/mol. The second-order valence-electron chi connectivity index (χ2n) is 9.34. The first-order chi connectivity index (χ1) is 16.9. The Morgan fingerprint density at radius 1 is 0.943 bits per heavy atom. The molecule has 0 spiro atoms. The molecule has 2 aromatic carbocycles. The van der Waals surface area contributed by atoms with E-state index in [9.17, 15) is 13.2 Å². The number of hydrogen-bond acceptors (Lipinski definition) is 5. The molecule has 1 amide bonds. The number of amides is 1. The van der Waals surface area contributed by atoms with Crippen LogP contribution >= 0.6 is 0 Å². The van der Waals surface area contributed by atoms with E-state index >= 15 is 0 Å². The van der Waals surface area contributed by atoms with Crippen molar-refractivity contribution < 1.29 is 17.9 Å². The van der Waals surface area contributed by atoms with Gasteiger partial charge in [-0.15, -0.1) is 0 Å². The molecule has 2 fully saturated rings. The summed E-state index contributed by atoms with van der Waals surface area (Å²) in [4.78, 5) is 17.0. The van der Waals surface area contributed by atoms with Gasteiger partial charge in [0, 0.05) is 45.8 Å². The molecule has 2 heterocycles. The molecule has 8 heteroatoms. The Balaban J connectivity index is 1.20. The number of benzene rings is 2. The molecule has 35 heavy (non-hydrogen) atoms. The van der Waals surface area contributed by atoms with Crippen molar-refractivity contribution in [1.82, 2.24) is 14.1 Å². The number of piperidine rings is 1. The van der Waals surface area contributed by atoms with Crippen molar-refractivity contribution in [3.05, 3.63) is 66.2 Å². The normalized spacial score (nSPS) is 18.7. The van der Waals surface area contributed by atoms with Crippen molar-refractivity contribution in [3.63, 3.8) is 0 Å². The van der Waals surface area contributed by atoms with E-state index in [0.29, 0.717) is 37.8 Å². The van der Waals surface area contributed by atoms with Gasteiger partial charge in [-0.1, -0.05) is 49.4 Å². The van der Waals surface area contributed by atoms with Gasteiger partial charge in [0.1, 0.15) is 5.75 Å². The molecule has 188 valence electrons. The SMILES string of the molecule is CC1CCN(S(=O)(=O)c2ccc(OCC(=O)N3CCN(C/C=C/c4ccccc4)CC3)cc2)CC1. The van der Waals surface area contributed by atoms with Crippen LogP contribution in [0.1, 0.15) is 25.3 Å². The Morgan fingerprint density at radius 3 is 2.26 bits per heavy atom. The number of piperazine rings is 1. The molecule has 0 atom stereocenters. The second-order valence-corrected chi connectivity index (χ2v) is 11.3. The van der Waals surface area contributed by atoms with Crippen LogP contribution in [0.3, 0.4) is 0 Å². The van der Waals surface area contributed by atoms with Crippen LogP contribution in [0.2, 0.25) is 0 Å². The second kappa shape index (κ2) is 11.8. The lowest BCUT2D eigenvalue weighted by Gasteiger charge is -2.34. The first-order valence-corrected chi connectivity index (χ1v) is 13.8. The largest absolute Gasteiger partial charge is 0.484 e. The molecule has 0 unspecified atom stereocenters. The minimum Gasteiger partial charge on any atom is -0.484 e. The van der Waals surface area contributed by atoms with Crippen molar-refractivity contribution in [3.8, 4) is 5.75 Å². The van der Waals surface area contributed by atoms with Gasteiger partial charge < -0.3 is 9.64 Å². The molecule has 0 saturated carbocycles. The van der Waals surface area contributed by atoms with E-state index in [4.69, 9.17) is 4.74 Å². The van der Waals surface area contributed by atoms with Gasteiger partial charge in [-0.25, -0.2) is 8.42 Å². The monoisotopic (exact) mass is 497 g/mol. The quantitative estimate of drug-likeness (QED) is 0.560. The van der Waals surface area contributed by atoms with Crippen LogP contribution < -0.4 is 4.74 Å². The molecule has 2 aliphatic rings. The maximum absolute atomic E-state index is 12.9. The fourth-order valence-corrected chi connectivity index (χ4v) is 5.87. The van der Waals surface area contributed by atoms with Crippen molar-refractivity contribution in [2.75, 3.05) is 52.4 Å². The summed E-state index contributed by atoms with van der Waals surface area (Å²) in [6, 6.07) is 16.6. The fourth-order valence-electron chi connectivity index (χ4n) is 4.40. The molecular formula is C27H35N3O4S. The summed E-state index contributed by atoms with van der Waals surface area (Å²) in [6.45, 7) is 7.09. The van der Waals surface area contributed by atoms with E-state index in [0.717, 1.165) is 32.5 Å². The lowest BCUT2D eigenvalue weighted by molar-refractivity contribution is -0.135. The molecule has 4 rings (SSSR count). The van der Waals surface area contributed by atoms with Gasteiger partial charge in [0.15, 0.2) is 6.61 Å². The van der Waals surface area contributed by atoms with Gasteiger partial charge >= 0.3 is 0 Å². The summed E-state index contributed by atoms with van der Waals surface area (Å²) in [6.07, 6.45) is 6.06. The predicted octanol–water partition coefficient (Wildman–Crippen LogP) is 3.34. The van der Waals surface area contributed by atoms with Gasteiger partial charge in [-0.3, -0.25) is 9.69 Å². The van der Waals surface area contributed by atoms with Crippen molar-refractivity contribution in [2.24, 2.45) is 5.92 Å². The third kappa shape index (κ3) is 6.93. The standard InChI is InChI=1S/C27H35N3O4S/c1-23-13-16-30(17-14-23)35(32,33)26-11-9-25(10-12-26)34-22-27(31)29-20-18-28(19-21-29)15-5-8-24-6-3-2-4-7-24/h2-12,23H,13-22H2,1H3/b8-5+. The van der Waals surface area contributed by atoms with Gasteiger partial charge in [-0.05, 0) is 48.6 Å². The van der Waals surface area contributed by atoms with Crippen LogP contribution in [-0.2, 0) is 14.8 Å². The van der Waals surface area contributed by atoms with Crippen LogP contribution in [0.25, 0.3) is 6.08 Å². The molecule has 2 aliphatic heterocycles. The van der Waals surface area contributed by atoms with Gasteiger partial charge in [0.2, 0.25) is 10.0 Å². The Bertz CT molecular complexity index is 1090. The minimum atomic E-state index is -3.49. The molecule has 2 saturated heterocycles. The highest BCUT2D eigenvalue weighted by Crippen LogP contribution is 2.24. The maximum Gasteiger partial charge on any atom is 0.260 e. The van der Waals surface area contributed by atoms with E-state index in [-0.39, 0.29) is 17.4 Å². The smallest absolute Gasteiger partial charge is 0.260 e. The summed E-state index contributed by atoms with van der Waals surface area (Å²) in [5, 5.41) is 0. The van der Waals surface area contributed by atoms with Crippen molar-refractivity contribution in [2.45, 2.75) is 24.7 Å². The molecule has 0 aliphatic carbocycles. The highest BCUT2D eigenvalue weighted by atomic mass is 32.2. The van der Waals surface area contributed by atoms with E-state index in [1.165, 1.54) is 5.56 Å². The van der Waals surface area contributed by atoms with Crippen molar-refractivity contribution >= 4 is 22.0 Å². The van der Waals surface area contributed by atoms with E-state index in [1.807, 2.05) is 23.1 Å². The van der Waals surface area contributed by atoms with Crippen LogP contribution in [-0.4, -0.2) is 80.9 Å². The number of ether oxygens (including phenoxy) is 1. The van der Waals surface area contributed by atoms with Gasteiger partial charge in [-0.2, -0.15) is 4.31 Å². The molecule has 0 aromatic heterocycles. The van der Waals surface area contributed by atoms with Crippen LogP contribution in [0, 0.1) is 5.92 Å². The maximum atomic E-state index is 12.9. The highest BCUT2D eigenvalue weighted by Gasteiger charge is 2.28. The number of carbonyl (C=O) groups is 1. The molecular weight excluding hydrogens is 462 g/mol. The van der Waals surface area contributed by atoms with Crippen LogP contribution in [0.15, 0.2) is 65.6 Å². The summed E-state index contributed by atoms with van der Waals surface area (Å²) >= 11 is 0. The first-order valence-electron chi connectivity index (χ1n) is 12.4. The van der Waals surface area contributed by atoms with E-state index in [1.54, 1.807) is 28.6 Å². The first kappa shape index (κ1) is 25.4. The third-order valence-electron chi connectivity index (χ3n) is 6.76. The number of nitrogens with zero attached hydrogens (tertiary/aromatic N) is 3. The zero-order chi connectivity index (χ0) is 24.7. The zero-order valence-electron chi connectivity index (χ0n) is 20.4. The molecule has 2 aromatic rings. The molecule has 0 radical (unpaired) electrons. The molecule has 0 bridgehead atoms. The fraction of sp³-hybridized carbons (Fsp3) is 0.444. The molecule has 7 nitrogen and oxygen atoms in total. The Kier molecular flexibility index (Phi) is 8.59. The summed E-state index contributed by atoms with van der Waals surface area (Å²) in [5.74, 6) is 1.01. The van der Waals surface area contributed by atoms with Crippen LogP contribution in [0.5, 0.6) is 5.75 Å². The Hall–Kier alpha value is -2.68. The van der Waals surface area contributed by atoms with E-state index < -0.39 is 10.0 Å². The topological polar surface area (TPSA) is 70.2 Å².